The van der Waals surface area contributed by atoms with E-state index in [0.29, 0.717) is 0 Å². The van der Waals surface area contributed by atoms with E-state index in [1.165, 1.54) is 0 Å². The molecule has 0 aliphatic carbocycles. The number of para-hydroxylation sites is 1. The van der Waals surface area contributed by atoms with Crippen molar-refractivity contribution in [1.82, 2.24) is 30.0 Å². The summed E-state index contributed by atoms with van der Waals surface area (Å²) in [6.07, 6.45) is 2.52. The Hall–Kier alpha value is -2.54. The predicted molar refractivity (Wildman–Crippen MR) is 92.8 cm³/mol. The van der Waals surface area contributed by atoms with Gasteiger partial charge in [-0.05, 0) is 12.1 Å². The number of benzene rings is 1. The third-order valence-corrected chi connectivity index (χ3v) is 4.46. The fourth-order valence-electron chi connectivity index (χ4n) is 3.14. The van der Waals surface area contributed by atoms with Gasteiger partial charge in [0.15, 0.2) is 0 Å². The predicted octanol–water partition coefficient (Wildman–Crippen LogP) is 1.63. The summed E-state index contributed by atoms with van der Waals surface area (Å²) in [6, 6.07) is 8.18. The van der Waals surface area contributed by atoms with E-state index < -0.39 is 0 Å². The zero-order chi connectivity index (χ0) is 16.4. The highest BCUT2D eigenvalue weighted by molar-refractivity contribution is 5.89. The largest absolute Gasteiger partial charge is 0.353 e. The fraction of sp³-hybridized carbons (Fsp3) is 0.412. The second-order valence-corrected chi connectivity index (χ2v) is 6.03. The summed E-state index contributed by atoms with van der Waals surface area (Å²) in [5.41, 5.74) is 0.999. The molecule has 0 unspecified atom stereocenters. The SMILES string of the molecule is CCc1n[nH]c(CN2CCN(c3ncnc4ccccc34)CC2)n1. The first-order chi connectivity index (χ1) is 11.8. The average Bonchev–Trinajstić information content (AvgIpc) is 3.09. The van der Waals surface area contributed by atoms with Crippen LogP contribution in [0.1, 0.15) is 18.6 Å². The highest BCUT2D eigenvalue weighted by Crippen LogP contribution is 2.23. The maximum Gasteiger partial charge on any atom is 0.150 e. The summed E-state index contributed by atoms with van der Waals surface area (Å²) < 4.78 is 0. The minimum atomic E-state index is 0.825. The van der Waals surface area contributed by atoms with Crippen molar-refractivity contribution >= 4 is 16.7 Å². The van der Waals surface area contributed by atoms with Crippen LogP contribution in [0.15, 0.2) is 30.6 Å². The molecule has 1 saturated heterocycles. The number of aromatic nitrogens is 5. The molecule has 24 heavy (non-hydrogen) atoms. The summed E-state index contributed by atoms with van der Waals surface area (Å²) in [7, 11) is 0. The van der Waals surface area contributed by atoms with Crippen LogP contribution in [0.4, 0.5) is 5.82 Å². The van der Waals surface area contributed by atoms with Crippen molar-refractivity contribution in [3.8, 4) is 0 Å². The van der Waals surface area contributed by atoms with E-state index in [-0.39, 0.29) is 0 Å². The molecule has 0 saturated carbocycles. The lowest BCUT2D eigenvalue weighted by Gasteiger charge is -2.35. The molecule has 1 aliphatic heterocycles. The molecule has 1 fully saturated rings. The highest BCUT2D eigenvalue weighted by atomic mass is 15.3. The van der Waals surface area contributed by atoms with Crippen LogP contribution in [0.5, 0.6) is 0 Å². The van der Waals surface area contributed by atoms with Gasteiger partial charge < -0.3 is 4.90 Å². The Balaban J connectivity index is 1.44. The number of nitrogens with one attached hydrogen (secondary N) is 1. The van der Waals surface area contributed by atoms with Crippen molar-refractivity contribution in [2.24, 2.45) is 0 Å². The minimum Gasteiger partial charge on any atom is -0.353 e. The lowest BCUT2D eigenvalue weighted by Crippen LogP contribution is -2.46. The Bertz CT molecular complexity index is 815. The van der Waals surface area contributed by atoms with E-state index in [2.05, 4.69) is 47.9 Å². The van der Waals surface area contributed by atoms with Crippen LogP contribution in [0.3, 0.4) is 0 Å². The van der Waals surface area contributed by atoms with E-state index in [1.54, 1.807) is 6.33 Å². The number of fused-ring (bicyclic) bond motifs is 1. The number of anilines is 1. The number of nitrogens with zero attached hydrogens (tertiary/aromatic N) is 6. The Labute approximate surface area is 140 Å². The number of aryl methyl sites for hydroxylation is 1. The molecule has 4 rings (SSSR count). The third-order valence-electron chi connectivity index (χ3n) is 4.46. The standard InChI is InChI=1S/C17H21N7/c1-2-15-20-16(22-21-15)11-23-7-9-24(10-8-23)17-13-5-3-4-6-14(13)18-12-19-17/h3-6,12H,2,7-11H2,1H3,(H,20,21,22). The van der Waals surface area contributed by atoms with Gasteiger partial charge in [0.1, 0.15) is 23.8 Å². The van der Waals surface area contributed by atoms with Gasteiger partial charge in [0.2, 0.25) is 0 Å². The zero-order valence-corrected chi connectivity index (χ0v) is 13.8. The smallest absolute Gasteiger partial charge is 0.150 e. The molecule has 1 N–H and O–H groups in total. The Morgan fingerprint density at radius 3 is 2.71 bits per heavy atom. The van der Waals surface area contributed by atoms with Crippen molar-refractivity contribution in [2.75, 3.05) is 31.1 Å². The van der Waals surface area contributed by atoms with Gasteiger partial charge in [0, 0.05) is 38.0 Å². The van der Waals surface area contributed by atoms with Crippen molar-refractivity contribution < 1.29 is 0 Å². The molecule has 124 valence electrons. The van der Waals surface area contributed by atoms with Gasteiger partial charge in [-0.3, -0.25) is 10.00 Å². The molecule has 0 bridgehead atoms. The number of rotatable bonds is 4. The van der Waals surface area contributed by atoms with E-state index in [4.69, 9.17) is 0 Å². The zero-order valence-electron chi connectivity index (χ0n) is 13.8. The van der Waals surface area contributed by atoms with Crippen molar-refractivity contribution in [1.29, 1.82) is 0 Å². The number of hydrogen-bond donors (Lipinski definition) is 1. The highest BCUT2D eigenvalue weighted by Gasteiger charge is 2.20. The summed E-state index contributed by atoms with van der Waals surface area (Å²) in [6.45, 7) is 6.77. The molecule has 1 aromatic carbocycles. The summed E-state index contributed by atoms with van der Waals surface area (Å²) >= 11 is 0. The number of hydrogen-bond acceptors (Lipinski definition) is 6. The first-order valence-electron chi connectivity index (χ1n) is 8.40. The number of piperazine rings is 1. The van der Waals surface area contributed by atoms with E-state index in [1.807, 2.05) is 18.2 Å². The molecule has 2 aromatic heterocycles. The van der Waals surface area contributed by atoms with Crippen molar-refractivity contribution in [3.63, 3.8) is 0 Å². The molecule has 3 heterocycles. The second-order valence-electron chi connectivity index (χ2n) is 6.03. The first-order valence-corrected chi connectivity index (χ1v) is 8.40. The molecular weight excluding hydrogens is 302 g/mol. The molecule has 0 spiro atoms. The van der Waals surface area contributed by atoms with Gasteiger partial charge in [-0.2, -0.15) is 5.10 Å². The van der Waals surface area contributed by atoms with E-state index >= 15 is 0 Å². The summed E-state index contributed by atoms with van der Waals surface area (Å²) in [4.78, 5) is 18.1. The molecule has 7 nitrogen and oxygen atoms in total. The van der Waals surface area contributed by atoms with Gasteiger partial charge in [0.25, 0.3) is 0 Å². The number of aromatic amines is 1. The molecule has 3 aromatic rings. The van der Waals surface area contributed by atoms with Crippen LogP contribution in [0.2, 0.25) is 0 Å². The van der Waals surface area contributed by atoms with Gasteiger partial charge >= 0.3 is 0 Å². The maximum absolute atomic E-state index is 4.52. The molecule has 0 radical (unpaired) electrons. The number of H-pyrrole nitrogens is 1. The third kappa shape index (κ3) is 2.94. The van der Waals surface area contributed by atoms with Crippen molar-refractivity contribution in [3.05, 3.63) is 42.2 Å². The fourth-order valence-corrected chi connectivity index (χ4v) is 3.14. The van der Waals surface area contributed by atoms with Gasteiger partial charge in [-0.25, -0.2) is 15.0 Å². The Kier molecular flexibility index (Phi) is 4.08. The maximum atomic E-state index is 4.52. The van der Waals surface area contributed by atoms with Crippen molar-refractivity contribution in [2.45, 2.75) is 19.9 Å². The van der Waals surface area contributed by atoms with Crippen LogP contribution in [0, 0.1) is 0 Å². The van der Waals surface area contributed by atoms with Gasteiger partial charge in [0.05, 0.1) is 12.1 Å². The normalized spacial score (nSPS) is 16.0. The summed E-state index contributed by atoms with van der Waals surface area (Å²) in [5, 5.41) is 8.36. The topological polar surface area (TPSA) is 73.8 Å². The van der Waals surface area contributed by atoms with Gasteiger partial charge in [-0.1, -0.05) is 19.1 Å². The first kappa shape index (κ1) is 15.0. The van der Waals surface area contributed by atoms with Crippen LogP contribution in [-0.4, -0.2) is 56.2 Å². The lowest BCUT2D eigenvalue weighted by molar-refractivity contribution is 0.244. The lowest BCUT2D eigenvalue weighted by atomic mass is 10.2. The quantitative estimate of drug-likeness (QED) is 0.787. The van der Waals surface area contributed by atoms with Crippen LogP contribution < -0.4 is 4.90 Å². The van der Waals surface area contributed by atoms with Crippen LogP contribution in [0.25, 0.3) is 10.9 Å². The Morgan fingerprint density at radius 2 is 1.92 bits per heavy atom. The second kappa shape index (κ2) is 6.52. The average molecular weight is 323 g/mol. The minimum absolute atomic E-state index is 0.825. The Morgan fingerprint density at radius 1 is 1.08 bits per heavy atom. The summed E-state index contributed by atoms with van der Waals surface area (Å²) in [5.74, 6) is 2.87. The molecule has 0 atom stereocenters. The van der Waals surface area contributed by atoms with Crippen LogP contribution in [-0.2, 0) is 13.0 Å². The molecule has 1 aliphatic rings. The van der Waals surface area contributed by atoms with Crippen LogP contribution >= 0.6 is 0 Å². The van der Waals surface area contributed by atoms with E-state index in [0.717, 1.165) is 67.5 Å². The monoisotopic (exact) mass is 323 g/mol. The molecule has 0 amide bonds. The molecular formula is C17H21N7. The van der Waals surface area contributed by atoms with Gasteiger partial charge in [-0.15, -0.1) is 0 Å². The molecule has 7 heteroatoms. The van der Waals surface area contributed by atoms with E-state index in [9.17, 15) is 0 Å².